The highest BCUT2D eigenvalue weighted by atomic mass is 16.5. The molecule has 2 nitrogen and oxygen atoms in total. The topological polar surface area (TPSA) is 21.3 Å². The largest absolute Gasteiger partial charge is 0.375 e. The molecule has 0 aliphatic carbocycles. The third-order valence-corrected chi connectivity index (χ3v) is 2.23. The molecule has 1 saturated heterocycles. The van der Waals surface area contributed by atoms with Crippen LogP contribution in [0.25, 0.3) is 0 Å². The molecule has 2 atom stereocenters. The number of hydrogen-bond donors (Lipinski definition) is 1. The first-order valence-corrected chi connectivity index (χ1v) is 4.17. The molecule has 1 fully saturated rings. The van der Waals surface area contributed by atoms with Gasteiger partial charge in [0.25, 0.3) is 0 Å². The smallest absolute Gasteiger partial charge is 0.0725 e. The fraction of sp³-hybridized carbons (Fsp3) is 1.00. The maximum absolute atomic E-state index is 5.57. The van der Waals surface area contributed by atoms with Crippen LogP contribution in [0.15, 0.2) is 0 Å². The fourth-order valence-electron chi connectivity index (χ4n) is 1.21. The van der Waals surface area contributed by atoms with Gasteiger partial charge in [-0.1, -0.05) is 20.3 Å². The highest BCUT2D eigenvalue weighted by Crippen LogP contribution is 2.11. The Morgan fingerprint density at radius 3 is 3.00 bits per heavy atom. The minimum atomic E-state index is 0.457. The van der Waals surface area contributed by atoms with E-state index >= 15 is 0 Å². The van der Waals surface area contributed by atoms with E-state index in [0.717, 1.165) is 19.7 Å². The molecule has 0 radical (unpaired) electrons. The van der Waals surface area contributed by atoms with Crippen molar-refractivity contribution in [2.45, 2.75) is 26.4 Å². The average Bonchev–Trinajstić information content (AvgIpc) is 2.05. The van der Waals surface area contributed by atoms with Crippen molar-refractivity contribution in [3.63, 3.8) is 0 Å². The summed E-state index contributed by atoms with van der Waals surface area (Å²) < 4.78 is 5.57. The summed E-state index contributed by atoms with van der Waals surface area (Å²) in [6, 6.07) is 0. The van der Waals surface area contributed by atoms with E-state index in [1.165, 1.54) is 6.42 Å². The summed E-state index contributed by atoms with van der Waals surface area (Å²) in [6.45, 7) is 7.40. The molecule has 1 aliphatic rings. The van der Waals surface area contributed by atoms with Crippen LogP contribution in [-0.2, 0) is 4.74 Å². The third kappa shape index (κ3) is 1.96. The molecule has 10 heavy (non-hydrogen) atoms. The molecule has 0 bridgehead atoms. The van der Waals surface area contributed by atoms with Crippen LogP contribution in [-0.4, -0.2) is 25.8 Å². The summed E-state index contributed by atoms with van der Waals surface area (Å²) in [7, 11) is 0. The van der Waals surface area contributed by atoms with E-state index in [1.807, 2.05) is 0 Å². The molecule has 1 rings (SSSR count). The minimum absolute atomic E-state index is 0.457. The Hall–Kier alpha value is -0.0800. The number of hydrogen-bond acceptors (Lipinski definition) is 2. The van der Waals surface area contributed by atoms with Crippen molar-refractivity contribution in [2.24, 2.45) is 5.92 Å². The Morgan fingerprint density at radius 1 is 1.70 bits per heavy atom. The van der Waals surface area contributed by atoms with Crippen LogP contribution >= 0.6 is 0 Å². The second kappa shape index (κ2) is 3.94. The summed E-state index contributed by atoms with van der Waals surface area (Å²) in [5.41, 5.74) is 0. The third-order valence-electron chi connectivity index (χ3n) is 2.23. The van der Waals surface area contributed by atoms with Gasteiger partial charge < -0.3 is 10.1 Å². The first kappa shape index (κ1) is 8.02. The van der Waals surface area contributed by atoms with Gasteiger partial charge in [-0.25, -0.2) is 0 Å². The zero-order valence-corrected chi connectivity index (χ0v) is 6.89. The molecule has 1 heterocycles. The summed E-state index contributed by atoms with van der Waals surface area (Å²) in [4.78, 5) is 0. The molecule has 1 N–H and O–H groups in total. The van der Waals surface area contributed by atoms with E-state index in [1.54, 1.807) is 0 Å². The molecular formula is C8H17NO. The van der Waals surface area contributed by atoms with Gasteiger partial charge in [0.15, 0.2) is 0 Å². The van der Waals surface area contributed by atoms with Crippen molar-refractivity contribution in [1.82, 2.24) is 5.32 Å². The van der Waals surface area contributed by atoms with Gasteiger partial charge in [-0.3, -0.25) is 0 Å². The number of morpholine rings is 1. The molecule has 0 aromatic rings. The lowest BCUT2D eigenvalue weighted by atomic mass is 10.0. The molecule has 0 amide bonds. The monoisotopic (exact) mass is 143 g/mol. The first-order chi connectivity index (χ1) is 4.84. The van der Waals surface area contributed by atoms with Crippen LogP contribution in [0.1, 0.15) is 20.3 Å². The molecule has 0 unspecified atom stereocenters. The summed E-state index contributed by atoms with van der Waals surface area (Å²) in [5, 5.41) is 3.33. The number of nitrogens with one attached hydrogen (secondary N) is 1. The van der Waals surface area contributed by atoms with Crippen molar-refractivity contribution in [1.29, 1.82) is 0 Å². The summed E-state index contributed by atoms with van der Waals surface area (Å²) in [5.74, 6) is 0.702. The van der Waals surface area contributed by atoms with Crippen molar-refractivity contribution >= 4 is 0 Å². The second-order valence-electron chi connectivity index (χ2n) is 3.00. The Morgan fingerprint density at radius 2 is 2.50 bits per heavy atom. The molecule has 60 valence electrons. The van der Waals surface area contributed by atoms with Crippen molar-refractivity contribution in [3.05, 3.63) is 0 Å². The van der Waals surface area contributed by atoms with Crippen LogP contribution in [0.4, 0.5) is 0 Å². The zero-order valence-electron chi connectivity index (χ0n) is 6.89. The molecule has 1 aliphatic heterocycles. The van der Waals surface area contributed by atoms with Crippen molar-refractivity contribution in [2.75, 3.05) is 19.7 Å². The molecule has 0 spiro atoms. The maximum Gasteiger partial charge on any atom is 0.0725 e. The molecule has 0 aromatic heterocycles. The Bertz CT molecular complexity index is 89.3. The van der Waals surface area contributed by atoms with Crippen LogP contribution in [0.2, 0.25) is 0 Å². The normalized spacial score (nSPS) is 30.0. The maximum atomic E-state index is 5.57. The van der Waals surface area contributed by atoms with Gasteiger partial charge in [0.1, 0.15) is 0 Å². The van der Waals surface area contributed by atoms with Gasteiger partial charge in [-0.2, -0.15) is 0 Å². The number of ether oxygens (including phenoxy) is 1. The quantitative estimate of drug-likeness (QED) is 0.623. The predicted octanol–water partition coefficient (Wildman–Crippen LogP) is 1.02. The van der Waals surface area contributed by atoms with Gasteiger partial charge in [-0.05, 0) is 5.92 Å². The molecule has 0 aromatic carbocycles. The van der Waals surface area contributed by atoms with Gasteiger partial charge in [0.05, 0.1) is 12.7 Å². The summed E-state index contributed by atoms with van der Waals surface area (Å²) in [6.07, 6.45) is 1.67. The summed E-state index contributed by atoms with van der Waals surface area (Å²) >= 11 is 0. The zero-order chi connectivity index (χ0) is 7.40. The molecule has 0 saturated carbocycles. The van der Waals surface area contributed by atoms with Crippen molar-refractivity contribution < 1.29 is 4.74 Å². The highest BCUT2D eigenvalue weighted by Gasteiger charge is 2.18. The lowest BCUT2D eigenvalue weighted by Crippen LogP contribution is -2.41. The van der Waals surface area contributed by atoms with Gasteiger partial charge in [0.2, 0.25) is 0 Å². The van der Waals surface area contributed by atoms with E-state index < -0.39 is 0 Å². The number of rotatable bonds is 2. The van der Waals surface area contributed by atoms with Crippen LogP contribution in [0.5, 0.6) is 0 Å². The standard InChI is InChI=1S/C8H17NO/c1-3-7(2)8-6-9-4-5-10-8/h7-9H,3-6H2,1-2H3/t7-,8-/m0/s1. The van der Waals surface area contributed by atoms with Crippen LogP contribution in [0, 0.1) is 5.92 Å². The lowest BCUT2D eigenvalue weighted by Gasteiger charge is -2.27. The average molecular weight is 143 g/mol. The van der Waals surface area contributed by atoms with E-state index in [9.17, 15) is 0 Å². The molecule has 2 heteroatoms. The lowest BCUT2D eigenvalue weighted by molar-refractivity contribution is -0.00510. The van der Waals surface area contributed by atoms with Gasteiger partial charge in [-0.15, -0.1) is 0 Å². The first-order valence-electron chi connectivity index (χ1n) is 4.17. The minimum Gasteiger partial charge on any atom is -0.375 e. The second-order valence-corrected chi connectivity index (χ2v) is 3.00. The van der Waals surface area contributed by atoms with E-state index in [2.05, 4.69) is 19.2 Å². The van der Waals surface area contributed by atoms with E-state index in [4.69, 9.17) is 4.74 Å². The van der Waals surface area contributed by atoms with Gasteiger partial charge >= 0.3 is 0 Å². The Balaban J connectivity index is 2.24. The molecular weight excluding hydrogens is 126 g/mol. The SMILES string of the molecule is CC[C@H](C)[C@@H]1CNCCO1. The van der Waals surface area contributed by atoms with Crippen LogP contribution < -0.4 is 5.32 Å². The predicted molar refractivity (Wildman–Crippen MR) is 42.1 cm³/mol. The van der Waals surface area contributed by atoms with Gasteiger partial charge in [0, 0.05) is 13.1 Å². The van der Waals surface area contributed by atoms with E-state index in [0.29, 0.717) is 12.0 Å². The highest BCUT2D eigenvalue weighted by molar-refractivity contribution is 4.71. The Kier molecular flexibility index (Phi) is 3.16. The van der Waals surface area contributed by atoms with E-state index in [-0.39, 0.29) is 0 Å². The van der Waals surface area contributed by atoms with Crippen molar-refractivity contribution in [3.8, 4) is 0 Å². The van der Waals surface area contributed by atoms with Crippen LogP contribution in [0.3, 0.4) is 0 Å². The fourth-order valence-corrected chi connectivity index (χ4v) is 1.21. The Labute approximate surface area is 63.0 Å².